The number of nitrogens with one attached hydrogen (secondary N) is 2. The maximum Gasteiger partial charge on any atom is 0.191 e. The van der Waals surface area contributed by atoms with Crippen LogP contribution in [0.1, 0.15) is 25.3 Å². The standard InChI is InChI=1S/C19H28ClN3O4.HI/c1-2-21-19(22-5-3-6-25-15-4-7-24-13-15)23-12-14-10-16(20)18-17(11-14)26-8-9-27-18;/h10-11,15H,2-9,12-13H2,1H3,(H2,21,22,23);1H. The predicted molar refractivity (Wildman–Crippen MR) is 120 cm³/mol. The summed E-state index contributed by atoms with van der Waals surface area (Å²) in [6, 6.07) is 3.81. The van der Waals surface area contributed by atoms with Gasteiger partial charge in [-0.1, -0.05) is 11.6 Å². The molecule has 28 heavy (non-hydrogen) atoms. The van der Waals surface area contributed by atoms with E-state index in [2.05, 4.69) is 15.6 Å². The summed E-state index contributed by atoms with van der Waals surface area (Å²) in [5, 5.41) is 7.14. The van der Waals surface area contributed by atoms with Crippen LogP contribution in [0.25, 0.3) is 0 Å². The van der Waals surface area contributed by atoms with Crippen LogP contribution in [0.4, 0.5) is 0 Å². The Hall–Kier alpha value is -0.970. The van der Waals surface area contributed by atoms with Crippen LogP contribution in [0, 0.1) is 0 Å². The van der Waals surface area contributed by atoms with Gasteiger partial charge in [-0.05, 0) is 37.5 Å². The number of fused-ring (bicyclic) bond motifs is 1. The maximum atomic E-state index is 6.29. The Morgan fingerprint density at radius 2 is 2.11 bits per heavy atom. The van der Waals surface area contributed by atoms with E-state index < -0.39 is 0 Å². The van der Waals surface area contributed by atoms with Crippen LogP contribution in [0.5, 0.6) is 11.5 Å². The molecule has 0 amide bonds. The molecular formula is C19H29ClIN3O4. The van der Waals surface area contributed by atoms with E-state index in [4.69, 9.17) is 30.5 Å². The molecule has 0 radical (unpaired) electrons. The van der Waals surface area contributed by atoms with Gasteiger partial charge in [-0.2, -0.15) is 0 Å². The Kier molecular flexibility index (Phi) is 10.5. The van der Waals surface area contributed by atoms with Crippen molar-refractivity contribution < 1.29 is 18.9 Å². The van der Waals surface area contributed by atoms with E-state index in [9.17, 15) is 0 Å². The molecular weight excluding hydrogens is 497 g/mol. The number of benzene rings is 1. The summed E-state index contributed by atoms with van der Waals surface area (Å²) in [7, 11) is 0. The molecule has 0 aromatic heterocycles. The predicted octanol–water partition coefficient (Wildman–Crippen LogP) is 2.98. The maximum absolute atomic E-state index is 6.29. The summed E-state index contributed by atoms with van der Waals surface area (Å²) < 4.78 is 22.3. The van der Waals surface area contributed by atoms with Crippen molar-refractivity contribution in [2.24, 2.45) is 4.99 Å². The van der Waals surface area contributed by atoms with Gasteiger partial charge in [0.05, 0.1) is 24.3 Å². The van der Waals surface area contributed by atoms with E-state index >= 15 is 0 Å². The number of hydrogen-bond donors (Lipinski definition) is 2. The van der Waals surface area contributed by atoms with Crippen molar-refractivity contribution in [1.29, 1.82) is 0 Å². The van der Waals surface area contributed by atoms with Crippen molar-refractivity contribution in [1.82, 2.24) is 10.6 Å². The molecule has 1 aromatic rings. The van der Waals surface area contributed by atoms with E-state index in [1.54, 1.807) is 0 Å². The number of aliphatic imine (C=N–C) groups is 1. The molecule has 2 aliphatic heterocycles. The third-order valence-corrected chi connectivity index (χ3v) is 4.56. The molecule has 0 saturated carbocycles. The van der Waals surface area contributed by atoms with Crippen LogP contribution in [-0.4, -0.2) is 58.2 Å². The fourth-order valence-corrected chi connectivity index (χ4v) is 3.23. The van der Waals surface area contributed by atoms with Gasteiger partial charge in [-0.15, -0.1) is 24.0 Å². The highest BCUT2D eigenvalue weighted by molar-refractivity contribution is 14.0. The summed E-state index contributed by atoms with van der Waals surface area (Å²) in [4.78, 5) is 4.63. The second-order valence-electron chi connectivity index (χ2n) is 6.43. The molecule has 0 aliphatic carbocycles. The lowest BCUT2D eigenvalue weighted by atomic mass is 10.2. The van der Waals surface area contributed by atoms with Crippen LogP contribution in [0.3, 0.4) is 0 Å². The molecule has 1 fully saturated rings. The molecule has 2 N–H and O–H groups in total. The van der Waals surface area contributed by atoms with Crippen molar-refractivity contribution in [3.63, 3.8) is 0 Å². The first-order chi connectivity index (χ1) is 13.3. The molecule has 9 heteroatoms. The summed E-state index contributed by atoms with van der Waals surface area (Å²) in [6.07, 6.45) is 2.17. The first-order valence-electron chi connectivity index (χ1n) is 9.56. The molecule has 1 saturated heterocycles. The molecule has 2 heterocycles. The van der Waals surface area contributed by atoms with Crippen LogP contribution < -0.4 is 20.1 Å². The van der Waals surface area contributed by atoms with Gasteiger partial charge in [0.15, 0.2) is 17.5 Å². The van der Waals surface area contributed by atoms with Crippen LogP contribution in [0.2, 0.25) is 5.02 Å². The molecule has 3 rings (SSSR count). The number of hydrogen-bond acceptors (Lipinski definition) is 5. The molecule has 0 spiro atoms. The van der Waals surface area contributed by atoms with E-state index in [-0.39, 0.29) is 30.1 Å². The zero-order chi connectivity index (χ0) is 18.9. The van der Waals surface area contributed by atoms with E-state index in [1.807, 2.05) is 19.1 Å². The summed E-state index contributed by atoms with van der Waals surface area (Å²) in [5.41, 5.74) is 0.978. The number of guanidine groups is 1. The number of rotatable bonds is 8. The molecule has 1 unspecified atom stereocenters. The smallest absolute Gasteiger partial charge is 0.191 e. The van der Waals surface area contributed by atoms with Gasteiger partial charge in [0, 0.05) is 26.3 Å². The average Bonchev–Trinajstić information content (AvgIpc) is 3.19. The molecule has 0 bridgehead atoms. The zero-order valence-corrected chi connectivity index (χ0v) is 19.3. The summed E-state index contributed by atoms with van der Waals surface area (Å²) in [6.45, 7) is 7.44. The lowest BCUT2D eigenvalue weighted by Gasteiger charge is -2.20. The zero-order valence-electron chi connectivity index (χ0n) is 16.2. The van der Waals surface area contributed by atoms with Crippen molar-refractivity contribution in [3.05, 3.63) is 22.7 Å². The average molecular weight is 526 g/mol. The second kappa shape index (κ2) is 12.6. The molecule has 158 valence electrons. The van der Waals surface area contributed by atoms with Gasteiger partial charge < -0.3 is 29.6 Å². The Balaban J connectivity index is 0.00000280. The van der Waals surface area contributed by atoms with Crippen molar-refractivity contribution >= 4 is 41.5 Å². The van der Waals surface area contributed by atoms with Gasteiger partial charge in [0.2, 0.25) is 0 Å². The minimum Gasteiger partial charge on any atom is -0.486 e. The van der Waals surface area contributed by atoms with Gasteiger partial charge in [-0.25, -0.2) is 4.99 Å². The van der Waals surface area contributed by atoms with Gasteiger partial charge >= 0.3 is 0 Å². The Bertz CT molecular complexity index is 642. The monoisotopic (exact) mass is 525 g/mol. The number of ether oxygens (including phenoxy) is 4. The molecule has 1 atom stereocenters. The van der Waals surface area contributed by atoms with Gasteiger partial charge in [0.25, 0.3) is 0 Å². The topological polar surface area (TPSA) is 73.3 Å². The van der Waals surface area contributed by atoms with E-state index in [0.29, 0.717) is 36.3 Å². The number of nitrogens with zero attached hydrogens (tertiary/aromatic N) is 1. The number of halogens is 2. The molecule has 7 nitrogen and oxygen atoms in total. The van der Waals surface area contributed by atoms with Crippen molar-refractivity contribution in [2.45, 2.75) is 32.4 Å². The lowest BCUT2D eigenvalue weighted by molar-refractivity contribution is 0.0420. The van der Waals surface area contributed by atoms with E-state index in [1.165, 1.54) is 0 Å². The van der Waals surface area contributed by atoms with Crippen LogP contribution in [-0.2, 0) is 16.0 Å². The first-order valence-corrected chi connectivity index (χ1v) is 9.93. The van der Waals surface area contributed by atoms with E-state index in [0.717, 1.165) is 57.3 Å². The quantitative estimate of drug-likeness (QED) is 0.235. The molecule has 2 aliphatic rings. The van der Waals surface area contributed by atoms with Crippen molar-refractivity contribution in [2.75, 3.05) is 46.1 Å². The highest BCUT2D eigenvalue weighted by Gasteiger charge is 2.17. The highest BCUT2D eigenvalue weighted by Crippen LogP contribution is 2.38. The Labute approximate surface area is 188 Å². The largest absolute Gasteiger partial charge is 0.486 e. The molecule has 1 aromatic carbocycles. The summed E-state index contributed by atoms with van der Waals surface area (Å²) >= 11 is 6.29. The van der Waals surface area contributed by atoms with Gasteiger partial charge in [-0.3, -0.25) is 0 Å². The fraction of sp³-hybridized carbons (Fsp3) is 0.632. The lowest BCUT2D eigenvalue weighted by Crippen LogP contribution is -2.38. The highest BCUT2D eigenvalue weighted by atomic mass is 127. The third kappa shape index (κ3) is 7.13. The van der Waals surface area contributed by atoms with Crippen LogP contribution in [0.15, 0.2) is 17.1 Å². The second-order valence-corrected chi connectivity index (χ2v) is 6.84. The Morgan fingerprint density at radius 1 is 1.25 bits per heavy atom. The summed E-state index contributed by atoms with van der Waals surface area (Å²) in [5.74, 6) is 2.08. The SMILES string of the molecule is CCNC(=NCc1cc(Cl)c2c(c1)OCCO2)NCCCOC1CCOC1.I. The third-order valence-electron chi connectivity index (χ3n) is 4.28. The van der Waals surface area contributed by atoms with Crippen molar-refractivity contribution in [3.8, 4) is 11.5 Å². The first kappa shape index (κ1) is 23.3. The minimum absolute atomic E-state index is 0. The van der Waals surface area contributed by atoms with Crippen LogP contribution >= 0.6 is 35.6 Å². The normalized spacial score (nSPS) is 18.5. The van der Waals surface area contributed by atoms with Gasteiger partial charge in [0.1, 0.15) is 13.2 Å². The Morgan fingerprint density at radius 3 is 2.89 bits per heavy atom. The minimum atomic E-state index is 0. The fourth-order valence-electron chi connectivity index (χ4n) is 2.94.